The van der Waals surface area contributed by atoms with Crippen molar-refractivity contribution in [2.45, 2.75) is 57.4 Å². The summed E-state index contributed by atoms with van der Waals surface area (Å²) in [4.78, 5) is 14.9. The first kappa shape index (κ1) is 21.6. The Bertz CT molecular complexity index is 943. The zero-order valence-electron chi connectivity index (χ0n) is 17.4. The summed E-state index contributed by atoms with van der Waals surface area (Å²) in [5, 5.41) is 8.08. The molecule has 1 aliphatic heterocycles. The van der Waals surface area contributed by atoms with Crippen LogP contribution in [-0.4, -0.2) is 39.7 Å². The number of carbonyl (C=O) groups is 1. The Balaban J connectivity index is 1.46. The highest BCUT2D eigenvalue weighted by Crippen LogP contribution is 2.30. The van der Waals surface area contributed by atoms with Crippen molar-refractivity contribution in [2.24, 2.45) is 0 Å². The van der Waals surface area contributed by atoms with Crippen molar-refractivity contribution in [1.29, 1.82) is 0 Å². The number of alkyl halides is 3. The van der Waals surface area contributed by atoms with Gasteiger partial charge in [-0.1, -0.05) is 18.2 Å². The molecular weight excluding hydrogens is 405 g/mol. The minimum atomic E-state index is -4.32. The molecule has 2 aliphatic rings. The van der Waals surface area contributed by atoms with Crippen LogP contribution >= 0.6 is 0 Å². The Labute approximate surface area is 179 Å². The summed E-state index contributed by atoms with van der Waals surface area (Å²) < 4.78 is 40.1. The van der Waals surface area contributed by atoms with E-state index in [1.54, 1.807) is 6.08 Å². The Hall–Kier alpha value is -2.61. The predicted molar refractivity (Wildman–Crippen MR) is 112 cm³/mol. The lowest BCUT2D eigenvalue weighted by molar-refractivity contribution is -0.137. The summed E-state index contributed by atoms with van der Waals surface area (Å²) in [6.45, 7) is 6.40. The molecule has 31 heavy (non-hydrogen) atoms. The number of likely N-dealkylation sites (tertiary alicyclic amines) is 1. The highest BCUT2D eigenvalue weighted by atomic mass is 19.4. The molecule has 0 radical (unpaired) electrons. The highest BCUT2D eigenvalue weighted by Gasteiger charge is 2.32. The van der Waals surface area contributed by atoms with Gasteiger partial charge in [0.1, 0.15) is 0 Å². The van der Waals surface area contributed by atoms with Crippen LogP contribution in [0, 0.1) is 0 Å². The second kappa shape index (κ2) is 8.86. The Morgan fingerprint density at radius 2 is 1.94 bits per heavy atom. The van der Waals surface area contributed by atoms with Crippen molar-refractivity contribution in [1.82, 2.24) is 20.0 Å². The van der Waals surface area contributed by atoms with Crippen LogP contribution in [0.2, 0.25) is 0 Å². The number of benzene rings is 1. The van der Waals surface area contributed by atoms with Gasteiger partial charge in [0.2, 0.25) is 0 Å². The SMILES string of the molecule is C=CCn1nc(C(=O)N2CCCC2)c2c1CCC(NCc1ccc(C(F)(F)F)cc1)C2. The monoisotopic (exact) mass is 432 g/mol. The highest BCUT2D eigenvalue weighted by molar-refractivity contribution is 5.94. The van der Waals surface area contributed by atoms with Crippen molar-refractivity contribution in [3.63, 3.8) is 0 Å². The fourth-order valence-electron chi connectivity index (χ4n) is 4.45. The normalized spacial score (nSPS) is 18.8. The fraction of sp³-hybridized carbons (Fsp3) is 0.478. The predicted octanol–water partition coefficient (Wildman–Crippen LogP) is 3.97. The van der Waals surface area contributed by atoms with Crippen LogP contribution in [0.1, 0.15) is 52.1 Å². The number of hydrogen-bond acceptors (Lipinski definition) is 3. The van der Waals surface area contributed by atoms with E-state index in [0.717, 1.165) is 67.7 Å². The van der Waals surface area contributed by atoms with Crippen molar-refractivity contribution in [2.75, 3.05) is 13.1 Å². The molecule has 1 saturated heterocycles. The lowest BCUT2D eigenvalue weighted by Crippen LogP contribution is -2.35. The smallest absolute Gasteiger partial charge is 0.337 e. The number of nitrogens with one attached hydrogen (secondary N) is 1. The fourth-order valence-corrected chi connectivity index (χ4v) is 4.45. The van der Waals surface area contributed by atoms with Crippen molar-refractivity contribution >= 4 is 5.91 Å². The number of carbonyl (C=O) groups excluding carboxylic acids is 1. The van der Waals surface area contributed by atoms with E-state index in [1.165, 1.54) is 12.1 Å². The number of nitrogens with zero attached hydrogens (tertiary/aromatic N) is 3. The number of aromatic nitrogens is 2. The Kier molecular flexibility index (Phi) is 6.18. The third kappa shape index (κ3) is 4.69. The van der Waals surface area contributed by atoms with Crippen LogP contribution in [0.3, 0.4) is 0 Å². The second-order valence-electron chi connectivity index (χ2n) is 8.26. The van der Waals surface area contributed by atoms with Gasteiger partial charge in [-0.2, -0.15) is 18.3 Å². The molecule has 2 aromatic rings. The van der Waals surface area contributed by atoms with Crippen LogP contribution < -0.4 is 5.32 Å². The third-order valence-corrected chi connectivity index (χ3v) is 6.12. The molecule has 166 valence electrons. The maximum atomic E-state index is 13.0. The first-order valence-corrected chi connectivity index (χ1v) is 10.7. The molecule has 1 aromatic carbocycles. The standard InChI is InChI=1S/C23H27F3N4O/c1-2-11-30-20-10-9-18(27-15-16-5-7-17(8-6-16)23(24,25)26)14-19(20)21(28-30)22(31)29-12-3-4-13-29/h2,5-8,18,27H,1,3-4,9-15H2. The average molecular weight is 432 g/mol. The third-order valence-electron chi connectivity index (χ3n) is 6.12. The summed E-state index contributed by atoms with van der Waals surface area (Å²) in [5.41, 5.74) is 2.79. The van der Waals surface area contributed by atoms with Gasteiger partial charge in [0.25, 0.3) is 5.91 Å². The molecule has 2 heterocycles. The van der Waals surface area contributed by atoms with Gasteiger partial charge < -0.3 is 10.2 Å². The van der Waals surface area contributed by atoms with Gasteiger partial charge in [-0.3, -0.25) is 9.48 Å². The molecule has 1 fully saturated rings. The van der Waals surface area contributed by atoms with E-state index in [4.69, 9.17) is 0 Å². The van der Waals surface area contributed by atoms with E-state index >= 15 is 0 Å². The van der Waals surface area contributed by atoms with E-state index in [1.807, 2.05) is 9.58 Å². The Morgan fingerprint density at radius 3 is 2.58 bits per heavy atom. The lowest BCUT2D eigenvalue weighted by Gasteiger charge is -2.25. The largest absolute Gasteiger partial charge is 0.416 e. The average Bonchev–Trinajstić information content (AvgIpc) is 3.40. The second-order valence-corrected chi connectivity index (χ2v) is 8.26. The minimum absolute atomic E-state index is 0.0000447. The number of amides is 1. The zero-order valence-corrected chi connectivity index (χ0v) is 17.4. The molecule has 1 unspecified atom stereocenters. The maximum absolute atomic E-state index is 13.0. The first-order valence-electron chi connectivity index (χ1n) is 10.7. The summed E-state index contributed by atoms with van der Waals surface area (Å²) in [5.74, 6) is -0.0000447. The van der Waals surface area contributed by atoms with Crippen LogP contribution in [0.5, 0.6) is 0 Å². The van der Waals surface area contributed by atoms with Crippen LogP contribution in [-0.2, 0) is 32.1 Å². The van der Waals surface area contributed by atoms with Crippen molar-refractivity contribution < 1.29 is 18.0 Å². The number of allylic oxidation sites excluding steroid dienone is 1. The van der Waals surface area contributed by atoms with Gasteiger partial charge in [0.05, 0.1) is 12.1 Å². The maximum Gasteiger partial charge on any atom is 0.416 e. The van der Waals surface area contributed by atoms with Gasteiger partial charge in [-0.15, -0.1) is 6.58 Å². The number of halogens is 3. The molecule has 4 rings (SSSR count). The zero-order chi connectivity index (χ0) is 22.0. The quantitative estimate of drug-likeness (QED) is 0.703. The summed E-state index contributed by atoms with van der Waals surface area (Å²) in [7, 11) is 0. The van der Waals surface area contributed by atoms with E-state index in [2.05, 4.69) is 17.0 Å². The van der Waals surface area contributed by atoms with Crippen molar-refractivity contribution in [3.05, 3.63) is 65.0 Å². The minimum Gasteiger partial charge on any atom is -0.337 e. The molecule has 0 saturated carbocycles. The molecule has 1 aliphatic carbocycles. The molecule has 8 heteroatoms. The number of fused-ring (bicyclic) bond motifs is 1. The van der Waals surface area contributed by atoms with E-state index in [0.29, 0.717) is 25.2 Å². The molecule has 5 nitrogen and oxygen atoms in total. The molecular formula is C23H27F3N4O. The summed E-state index contributed by atoms with van der Waals surface area (Å²) >= 11 is 0. The lowest BCUT2D eigenvalue weighted by atomic mass is 9.91. The van der Waals surface area contributed by atoms with Gasteiger partial charge in [-0.25, -0.2) is 0 Å². The molecule has 1 N–H and O–H groups in total. The molecule has 1 atom stereocenters. The van der Waals surface area contributed by atoms with Gasteiger partial charge in [0, 0.05) is 36.9 Å². The summed E-state index contributed by atoms with van der Waals surface area (Å²) in [6, 6.07) is 5.38. The summed E-state index contributed by atoms with van der Waals surface area (Å²) in [6.07, 6.45) is 1.88. The first-order chi connectivity index (χ1) is 14.9. The van der Waals surface area contributed by atoms with Crippen molar-refractivity contribution in [3.8, 4) is 0 Å². The van der Waals surface area contributed by atoms with Crippen LogP contribution in [0.15, 0.2) is 36.9 Å². The van der Waals surface area contributed by atoms with Gasteiger partial charge >= 0.3 is 6.18 Å². The molecule has 1 amide bonds. The van der Waals surface area contributed by atoms with E-state index < -0.39 is 11.7 Å². The molecule has 0 spiro atoms. The number of hydrogen-bond donors (Lipinski definition) is 1. The number of rotatable bonds is 6. The Morgan fingerprint density at radius 1 is 1.23 bits per heavy atom. The molecule has 1 aromatic heterocycles. The van der Waals surface area contributed by atoms with Gasteiger partial charge in [-0.05, 0) is 49.8 Å². The van der Waals surface area contributed by atoms with E-state index in [-0.39, 0.29) is 11.9 Å². The van der Waals surface area contributed by atoms with E-state index in [9.17, 15) is 18.0 Å². The topological polar surface area (TPSA) is 50.2 Å². The molecule has 0 bridgehead atoms. The van der Waals surface area contributed by atoms with Gasteiger partial charge in [0.15, 0.2) is 5.69 Å². The van der Waals surface area contributed by atoms with Crippen LogP contribution in [0.4, 0.5) is 13.2 Å². The van der Waals surface area contributed by atoms with Crippen LogP contribution in [0.25, 0.3) is 0 Å².